The third-order valence-corrected chi connectivity index (χ3v) is 2.58. The molecule has 6 nitrogen and oxygen atoms in total. The average Bonchev–Trinajstić information content (AvgIpc) is 2.46. The van der Waals surface area contributed by atoms with Crippen LogP contribution in [0.4, 0.5) is 0 Å². The number of methoxy groups -OCH3 is 2. The van der Waals surface area contributed by atoms with Gasteiger partial charge < -0.3 is 14.6 Å². The van der Waals surface area contributed by atoms with E-state index in [1.54, 1.807) is 12.1 Å². The molecule has 20 heavy (non-hydrogen) atoms. The molecule has 0 aliphatic heterocycles. The molecular formula is C14H15NO5. The number of hydrogen-bond donors (Lipinski definition) is 2. The standard InChI is InChI=1S/C14H15NO5/c1-8(16)11(14(18)20-3)12(15)13(17)9-4-6-10(19-2)7-5-9/h4-7,15-16H,1-3H3/b11-8+,15-12?. The van der Waals surface area contributed by atoms with Gasteiger partial charge in [-0.2, -0.15) is 0 Å². The third-order valence-electron chi connectivity index (χ3n) is 2.58. The summed E-state index contributed by atoms with van der Waals surface area (Å²) in [6.45, 7) is 1.21. The Morgan fingerprint density at radius 2 is 1.70 bits per heavy atom. The van der Waals surface area contributed by atoms with Crippen LogP contribution in [0.1, 0.15) is 17.3 Å². The van der Waals surface area contributed by atoms with Crippen LogP contribution in [0.5, 0.6) is 5.75 Å². The first kappa shape index (κ1) is 15.4. The van der Waals surface area contributed by atoms with E-state index in [0.29, 0.717) is 5.75 Å². The molecule has 0 unspecified atom stereocenters. The van der Waals surface area contributed by atoms with Crippen LogP contribution in [-0.4, -0.2) is 36.8 Å². The second kappa shape index (κ2) is 6.51. The lowest BCUT2D eigenvalue weighted by atomic mass is 10.00. The molecule has 0 aromatic heterocycles. The highest BCUT2D eigenvalue weighted by atomic mass is 16.5. The Hall–Kier alpha value is -2.63. The van der Waals surface area contributed by atoms with Crippen molar-refractivity contribution in [3.8, 4) is 5.75 Å². The molecule has 0 fully saturated rings. The Bertz CT molecular complexity index is 568. The van der Waals surface area contributed by atoms with Crippen molar-refractivity contribution in [2.24, 2.45) is 0 Å². The van der Waals surface area contributed by atoms with E-state index in [1.807, 2.05) is 0 Å². The maximum Gasteiger partial charge on any atom is 0.343 e. The zero-order chi connectivity index (χ0) is 15.3. The van der Waals surface area contributed by atoms with Crippen LogP contribution < -0.4 is 4.74 Å². The molecule has 0 atom stereocenters. The Morgan fingerprint density at radius 1 is 1.15 bits per heavy atom. The Kier molecular flexibility index (Phi) is 5.02. The van der Waals surface area contributed by atoms with Crippen molar-refractivity contribution in [2.45, 2.75) is 6.92 Å². The van der Waals surface area contributed by atoms with E-state index in [1.165, 1.54) is 26.2 Å². The summed E-state index contributed by atoms with van der Waals surface area (Å²) < 4.78 is 9.41. The van der Waals surface area contributed by atoms with E-state index in [-0.39, 0.29) is 5.56 Å². The third kappa shape index (κ3) is 3.23. The van der Waals surface area contributed by atoms with Crippen molar-refractivity contribution in [1.29, 1.82) is 5.41 Å². The summed E-state index contributed by atoms with van der Waals surface area (Å²) in [5.74, 6) is -1.50. The van der Waals surface area contributed by atoms with Gasteiger partial charge in [0, 0.05) is 5.56 Å². The number of aliphatic hydroxyl groups is 1. The van der Waals surface area contributed by atoms with Gasteiger partial charge in [0.25, 0.3) is 0 Å². The number of carbonyl (C=O) groups excluding carboxylic acids is 2. The van der Waals surface area contributed by atoms with E-state index in [2.05, 4.69) is 4.74 Å². The topological polar surface area (TPSA) is 96.7 Å². The number of hydrogen-bond acceptors (Lipinski definition) is 6. The summed E-state index contributed by atoms with van der Waals surface area (Å²) >= 11 is 0. The fourth-order valence-electron chi connectivity index (χ4n) is 1.53. The molecule has 0 amide bonds. The molecule has 0 saturated carbocycles. The molecule has 0 aliphatic carbocycles. The van der Waals surface area contributed by atoms with E-state index in [9.17, 15) is 14.7 Å². The first-order chi connectivity index (χ1) is 9.42. The smallest absolute Gasteiger partial charge is 0.343 e. The molecule has 1 aromatic carbocycles. The van der Waals surface area contributed by atoms with Crippen molar-refractivity contribution < 1.29 is 24.2 Å². The van der Waals surface area contributed by atoms with E-state index >= 15 is 0 Å². The van der Waals surface area contributed by atoms with Crippen LogP contribution in [0, 0.1) is 5.41 Å². The van der Waals surface area contributed by atoms with Gasteiger partial charge in [0.1, 0.15) is 22.8 Å². The molecule has 1 aromatic rings. The van der Waals surface area contributed by atoms with Gasteiger partial charge in [-0.1, -0.05) is 0 Å². The van der Waals surface area contributed by atoms with Gasteiger partial charge in [-0.05, 0) is 31.2 Å². The number of ketones is 1. The summed E-state index contributed by atoms with van der Waals surface area (Å²) in [4.78, 5) is 23.6. The molecule has 1 rings (SSSR count). The maximum absolute atomic E-state index is 12.1. The molecule has 0 spiro atoms. The first-order valence-electron chi connectivity index (χ1n) is 5.68. The molecule has 106 valence electrons. The zero-order valence-corrected chi connectivity index (χ0v) is 11.4. The normalized spacial score (nSPS) is 11.3. The van der Waals surface area contributed by atoms with Gasteiger partial charge in [-0.15, -0.1) is 0 Å². The van der Waals surface area contributed by atoms with Gasteiger partial charge in [-0.3, -0.25) is 10.2 Å². The van der Waals surface area contributed by atoms with Crippen LogP contribution in [0.25, 0.3) is 0 Å². The Labute approximate surface area is 116 Å². The highest BCUT2D eigenvalue weighted by Crippen LogP contribution is 2.15. The van der Waals surface area contributed by atoms with Crippen molar-refractivity contribution in [1.82, 2.24) is 0 Å². The molecule has 2 N–H and O–H groups in total. The van der Waals surface area contributed by atoms with Gasteiger partial charge >= 0.3 is 5.97 Å². The largest absolute Gasteiger partial charge is 0.512 e. The van der Waals surface area contributed by atoms with Crippen LogP contribution in [0.2, 0.25) is 0 Å². The van der Waals surface area contributed by atoms with Crippen LogP contribution in [0.3, 0.4) is 0 Å². The Morgan fingerprint density at radius 3 is 2.10 bits per heavy atom. The molecule has 0 bridgehead atoms. The number of allylic oxidation sites excluding steroid dienone is 1. The number of carbonyl (C=O) groups is 2. The molecule has 0 heterocycles. The zero-order valence-electron chi connectivity index (χ0n) is 11.4. The highest BCUT2D eigenvalue weighted by Gasteiger charge is 2.25. The first-order valence-corrected chi connectivity index (χ1v) is 5.68. The monoisotopic (exact) mass is 277 g/mol. The summed E-state index contributed by atoms with van der Waals surface area (Å²) in [7, 11) is 2.60. The lowest BCUT2D eigenvalue weighted by molar-refractivity contribution is -0.135. The summed E-state index contributed by atoms with van der Waals surface area (Å²) in [5.41, 5.74) is -0.867. The maximum atomic E-state index is 12.1. The van der Waals surface area contributed by atoms with E-state index in [4.69, 9.17) is 10.1 Å². The quantitative estimate of drug-likeness (QED) is 0.282. The number of Topliss-reactive ketones (excluding diaryl/α,β-unsaturated/α-hetero) is 1. The van der Waals surface area contributed by atoms with Gasteiger partial charge in [0.05, 0.1) is 14.2 Å². The van der Waals surface area contributed by atoms with Gasteiger partial charge in [-0.25, -0.2) is 4.79 Å². The molecular weight excluding hydrogens is 262 g/mol. The molecule has 6 heteroatoms. The summed E-state index contributed by atoms with van der Waals surface area (Å²) in [6, 6.07) is 6.07. The number of benzene rings is 1. The van der Waals surface area contributed by atoms with Gasteiger partial charge in [0.2, 0.25) is 5.78 Å². The van der Waals surface area contributed by atoms with Crippen molar-refractivity contribution in [3.63, 3.8) is 0 Å². The predicted molar refractivity (Wildman–Crippen MR) is 72.4 cm³/mol. The minimum atomic E-state index is -0.933. The Balaban J connectivity index is 3.09. The van der Waals surface area contributed by atoms with E-state index < -0.39 is 28.8 Å². The lowest BCUT2D eigenvalue weighted by Gasteiger charge is -2.08. The fraction of sp³-hybridized carbons (Fsp3) is 0.214. The van der Waals surface area contributed by atoms with Crippen molar-refractivity contribution in [3.05, 3.63) is 41.2 Å². The fourth-order valence-corrected chi connectivity index (χ4v) is 1.53. The number of nitrogens with one attached hydrogen (secondary N) is 1. The van der Waals surface area contributed by atoms with Crippen LogP contribution >= 0.6 is 0 Å². The molecule has 0 aliphatic rings. The number of ether oxygens (including phenoxy) is 2. The predicted octanol–water partition coefficient (Wildman–Crippen LogP) is 1.90. The second-order valence-electron chi connectivity index (χ2n) is 3.88. The minimum absolute atomic E-state index is 0.207. The highest BCUT2D eigenvalue weighted by molar-refractivity contribution is 6.54. The van der Waals surface area contributed by atoms with E-state index in [0.717, 1.165) is 7.11 Å². The molecule has 0 saturated heterocycles. The lowest BCUT2D eigenvalue weighted by Crippen LogP contribution is -2.23. The SMILES string of the molecule is COC(=O)/C(C(=N)C(=O)c1ccc(OC)cc1)=C(\C)O. The van der Waals surface area contributed by atoms with Crippen molar-refractivity contribution >= 4 is 17.5 Å². The van der Waals surface area contributed by atoms with Gasteiger partial charge in [0.15, 0.2) is 0 Å². The number of rotatable bonds is 5. The van der Waals surface area contributed by atoms with Crippen LogP contribution in [0.15, 0.2) is 35.6 Å². The average molecular weight is 277 g/mol. The number of aliphatic hydroxyl groups excluding tert-OH is 1. The number of esters is 1. The summed E-state index contributed by atoms with van der Waals surface area (Å²) in [6.07, 6.45) is 0. The van der Waals surface area contributed by atoms with Crippen molar-refractivity contribution in [2.75, 3.05) is 14.2 Å². The second-order valence-corrected chi connectivity index (χ2v) is 3.88. The minimum Gasteiger partial charge on any atom is -0.512 e. The molecule has 0 radical (unpaired) electrons. The van der Waals surface area contributed by atoms with Crippen LogP contribution in [-0.2, 0) is 9.53 Å². The summed E-state index contributed by atoms with van der Waals surface area (Å²) in [5, 5.41) is 17.2.